The molecule has 0 fully saturated rings. The van der Waals surface area contributed by atoms with Gasteiger partial charge in [-0.15, -0.1) is 0 Å². The third-order valence-electron chi connectivity index (χ3n) is 2.42. The first kappa shape index (κ1) is 8.16. The molecule has 5 nitrogen and oxygen atoms in total. The minimum atomic E-state index is -0.214. The average Bonchev–Trinajstić information content (AvgIpc) is 2.64. The van der Waals surface area contributed by atoms with E-state index in [-0.39, 0.29) is 5.56 Å². The highest BCUT2D eigenvalue weighted by Crippen LogP contribution is 2.15. The van der Waals surface area contributed by atoms with Crippen LogP contribution in [-0.2, 0) is 0 Å². The van der Waals surface area contributed by atoms with E-state index in [0.29, 0.717) is 11.3 Å². The van der Waals surface area contributed by atoms with Crippen molar-refractivity contribution in [3.8, 4) is 0 Å². The van der Waals surface area contributed by atoms with Gasteiger partial charge in [0.15, 0.2) is 0 Å². The number of fused-ring (bicyclic) bond motifs is 3. The molecule has 0 unspecified atom stereocenters. The SMILES string of the molecule is Cc1n[nH]c(=O)c2c3ccccc3nn12. The second-order valence-corrected chi connectivity index (χ2v) is 3.38. The monoisotopic (exact) mass is 200 g/mol. The fraction of sp³-hybridized carbons (Fsp3) is 0.100. The van der Waals surface area contributed by atoms with E-state index >= 15 is 0 Å². The van der Waals surface area contributed by atoms with Crippen molar-refractivity contribution in [1.82, 2.24) is 19.8 Å². The smallest absolute Gasteiger partial charge is 0.266 e. The molecule has 0 radical (unpaired) electrons. The third kappa shape index (κ3) is 0.999. The minimum Gasteiger partial charge on any atom is -0.266 e. The molecular formula is C10H8N4O. The number of rotatable bonds is 0. The van der Waals surface area contributed by atoms with E-state index in [2.05, 4.69) is 15.3 Å². The van der Waals surface area contributed by atoms with Crippen LogP contribution in [0.4, 0.5) is 0 Å². The van der Waals surface area contributed by atoms with Crippen molar-refractivity contribution in [3.63, 3.8) is 0 Å². The minimum absolute atomic E-state index is 0.214. The van der Waals surface area contributed by atoms with Crippen LogP contribution in [0.25, 0.3) is 16.4 Å². The Balaban J connectivity index is 2.72. The molecule has 2 heterocycles. The molecule has 0 aliphatic carbocycles. The molecular weight excluding hydrogens is 192 g/mol. The molecule has 3 aromatic rings. The summed E-state index contributed by atoms with van der Waals surface area (Å²) >= 11 is 0. The first-order chi connectivity index (χ1) is 7.27. The van der Waals surface area contributed by atoms with Gasteiger partial charge < -0.3 is 0 Å². The Morgan fingerprint density at radius 1 is 1.33 bits per heavy atom. The summed E-state index contributed by atoms with van der Waals surface area (Å²) in [6.07, 6.45) is 0. The second kappa shape index (κ2) is 2.66. The molecule has 5 heteroatoms. The summed E-state index contributed by atoms with van der Waals surface area (Å²) in [4.78, 5) is 11.6. The molecule has 1 aromatic carbocycles. The average molecular weight is 200 g/mol. The van der Waals surface area contributed by atoms with Crippen LogP contribution in [0.1, 0.15) is 5.82 Å². The van der Waals surface area contributed by atoms with Crippen LogP contribution in [0.2, 0.25) is 0 Å². The molecule has 3 rings (SSSR count). The van der Waals surface area contributed by atoms with Crippen LogP contribution in [0, 0.1) is 6.92 Å². The van der Waals surface area contributed by atoms with Crippen molar-refractivity contribution >= 4 is 16.4 Å². The summed E-state index contributed by atoms with van der Waals surface area (Å²) in [6, 6.07) is 7.54. The quantitative estimate of drug-likeness (QED) is 0.586. The first-order valence-electron chi connectivity index (χ1n) is 4.60. The standard InChI is InChI=1S/C10H8N4O/c1-6-11-12-10(15)9-7-4-2-3-5-8(7)13-14(6)9/h2-5H,1H3,(H,12,15). The Labute approximate surface area is 84.4 Å². The van der Waals surface area contributed by atoms with Crippen molar-refractivity contribution in [2.45, 2.75) is 6.92 Å². The predicted molar refractivity (Wildman–Crippen MR) is 55.9 cm³/mol. The Hall–Kier alpha value is -2.17. The van der Waals surface area contributed by atoms with Crippen LogP contribution in [0.5, 0.6) is 0 Å². The van der Waals surface area contributed by atoms with E-state index in [1.165, 1.54) is 0 Å². The van der Waals surface area contributed by atoms with Gasteiger partial charge in [0, 0.05) is 5.39 Å². The Bertz CT molecular complexity index is 710. The molecule has 2 aromatic heterocycles. The first-order valence-corrected chi connectivity index (χ1v) is 4.60. The lowest BCUT2D eigenvalue weighted by Gasteiger charge is -1.94. The molecule has 74 valence electrons. The summed E-state index contributed by atoms with van der Waals surface area (Å²) in [5, 5.41) is 11.5. The third-order valence-corrected chi connectivity index (χ3v) is 2.42. The summed E-state index contributed by atoms with van der Waals surface area (Å²) in [5.41, 5.74) is 1.14. The zero-order chi connectivity index (χ0) is 10.4. The lowest BCUT2D eigenvalue weighted by atomic mass is 10.2. The van der Waals surface area contributed by atoms with Crippen molar-refractivity contribution in [2.24, 2.45) is 0 Å². The largest absolute Gasteiger partial charge is 0.290 e. The highest BCUT2D eigenvalue weighted by atomic mass is 16.1. The lowest BCUT2D eigenvalue weighted by Crippen LogP contribution is -2.14. The van der Waals surface area contributed by atoms with E-state index in [0.717, 1.165) is 10.9 Å². The fourth-order valence-corrected chi connectivity index (χ4v) is 1.72. The summed E-state index contributed by atoms with van der Waals surface area (Å²) < 4.78 is 1.57. The number of aryl methyl sites for hydroxylation is 1. The van der Waals surface area contributed by atoms with Gasteiger partial charge in [-0.1, -0.05) is 18.2 Å². The summed E-state index contributed by atoms with van der Waals surface area (Å²) in [5.74, 6) is 0.667. The maximum atomic E-state index is 11.6. The van der Waals surface area contributed by atoms with Gasteiger partial charge in [0.25, 0.3) is 5.56 Å². The zero-order valence-electron chi connectivity index (χ0n) is 8.06. The molecule has 15 heavy (non-hydrogen) atoms. The number of benzene rings is 1. The van der Waals surface area contributed by atoms with Gasteiger partial charge in [-0.2, -0.15) is 10.2 Å². The Morgan fingerprint density at radius 2 is 2.13 bits per heavy atom. The highest BCUT2D eigenvalue weighted by molar-refractivity contribution is 5.93. The Kier molecular flexibility index (Phi) is 1.45. The summed E-state index contributed by atoms with van der Waals surface area (Å²) in [6.45, 7) is 1.80. The maximum absolute atomic E-state index is 11.6. The molecule has 0 atom stereocenters. The number of nitrogens with zero attached hydrogens (tertiary/aromatic N) is 3. The number of hydrogen-bond acceptors (Lipinski definition) is 3. The van der Waals surface area contributed by atoms with Crippen molar-refractivity contribution in [2.75, 3.05) is 0 Å². The highest BCUT2D eigenvalue weighted by Gasteiger charge is 2.09. The Morgan fingerprint density at radius 3 is 3.00 bits per heavy atom. The number of aromatic nitrogens is 4. The second-order valence-electron chi connectivity index (χ2n) is 3.38. The topological polar surface area (TPSA) is 63.0 Å². The van der Waals surface area contributed by atoms with Gasteiger partial charge >= 0.3 is 0 Å². The van der Waals surface area contributed by atoms with Crippen LogP contribution in [0.3, 0.4) is 0 Å². The van der Waals surface area contributed by atoms with Gasteiger partial charge in [0.1, 0.15) is 11.3 Å². The van der Waals surface area contributed by atoms with E-state index in [1.54, 1.807) is 11.4 Å². The van der Waals surface area contributed by atoms with Crippen LogP contribution in [-0.4, -0.2) is 19.8 Å². The lowest BCUT2D eigenvalue weighted by molar-refractivity contribution is 0.801. The molecule has 0 bridgehead atoms. The number of H-pyrrole nitrogens is 1. The van der Waals surface area contributed by atoms with Gasteiger partial charge in [-0.25, -0.2) is 9.61 Å². The molecule has 0 saturated heterocycles. The van der Waals surface area contributed by atoms with Crippen LogP contribution < -0.4 is 5.56 Å². The molecule has 0 amide bonds. The molecule has 0 aliphatic heterocycles. The van der Waals surface area contributed by atoms with Crippen molar-refractivity contribution < 1.29 is 0 Å². The van der Waals surface area contributed by atoms with Crippen molar-refractivity contribution in [1.29, 1.82) is 0 Å². The summed E-state index contributed by atoms with van der Waals surface area (Å²) in [7, 11) is 0. The van der Waals surface area contributed by atoms with Crippen LogP contribution >= 0.6 is 0 Å². The number of aromatic amines is 1. The fourth-order valence-electron chi connectivity index (χ4n) is 1.72. The normalized spacial score (nSPS) is 11.3. The molecule has 0 aliphatic rings. The van der Waals surface area contributed by atoms with Gasteiger partial charge in [0.05, 0.1) is 5.52 Å². The van der Waals surface area contributed by atoms with E-state index in [9.17, 15) is 4.79 Å². The molecule has 1 N–H and O–H groups in total. The molecule has 0 saturated carbocycles. The van der Waals surface area contributed by atoms with E-state index in [4.69, 9.17) is 0 Å². The maximum Gasteiger partial charge on any atom is 0.290 e. The van der Waals surface area contributed by atoms with Crippen molar-refractivity contribution in [3.05, 3.63) is 40.4 Å². The predicted octanol–water partition coefficient (Wildman–Crippen LogP) is 0.879. The zero-order valence-corrected chi connectivity index (χ0v) is 8.06. The van der Waals surface area contributed by atoms with Gasteiger partial charge in [-0.3, -0.25) is 4.79 Å². The van der Waals surface area contributed by atoms with E-state index in [1.807, 2.05) is 24.3 Å². The van der Waals surface area contributed by atoms with Gasteiger partial charge in [0.2, 0.25) is 0 Å². The van der Waals surface area contributed by atoms with Crippen LogP contribution in [0.15, 0.2) is 29.1 Å². The number of nitrogens with one attached hydrogen (secondary N) is 1. The van der Waals surface area contributed by atoms with Gasteiger partial charge in [-0.05, 0) is 13.0 Å². The number of hydrogen-bond donors (Lipinski definition) is 1. The van der Waals surface area contributed by atoms with E-state index < -0.39 is 0 Å². The molecule has 0 spiro atoms.